The molecule has 0 aliphatic carbocycles. The van der Waals surface area contributed by atoms with E-state index in [1.807, 2.05) is 30.3 Å². The number of hydrazine groups is 1. The van der Waals surface area contributed by atoms with Crippen molar-refractivity contribution < 1.29 is 19.1 Å². The van der Waals surface area contributed by atoms with E-state index < -0.39 is 23.4 Å². The lowest BCUT2D eigenvalue weighted by molar-refractivity contribution is -0.137. The van der Waals surface area contributed by atoms with E-state index in [0.29, 0.717) is 18.6 Å². The Morgan fingerprint density at radius 3 is 2.48 bits per heavy atom. The van der Waals surface area contributed by atoms with E-state index in [2.05, 4.69) is 10.7 Å². The molecule has 1 aliphatic heterocycles. The third-order valence-electron chi connectivity index (χ3n) is 4.78. The number of methoxy groups -OCH3 is 1. The predicted molar refractivity (Wildman–Crippen MR) is 109 cm³/mol. The van der Waals surface area contributed by atoms with Gasteiger partial charge in [0.15, 0.2) is 0 Å². The van der Waals surface area contributed by atoms with Crippen LogP contribution in [0, 0.1) is 0 Å². The maximum absolute atomic E-state index is 12.7. The van der Waals surface area contributed by atoms with Gasteiger partial charge in [-0.2, -0.15) is 5.01 Å². The van der Waals surface area contributed by atoms with E-state index in [4.69, 9.17) is 4.74 Å². The number of hydrogen-bond donors (Lipinski definition) is 2. The van der Waals surface area contributed by atoms with Crippen molar-refractivity contribution in [3.05, 3.63) is 71.8 Å². The summed E-state index contributed by atoms with van der Waals surface area (Å²) >= 11 is 0. The number of ether oxygens (including phenoxy) is 1. The van der Waals surface area contributed by atoms with E-state index >= 15 is 0 Å². The number of carbonyl (C=O) groups excluding carboxylic acids is 3. The first kappa shape index (κ1) is 20.1. The van der Waals surface area contributed by atoms with Gasteiger partial charge in [-0.15, -0.1) is 0 Å². The van der Waals surface area contributed by atoms with Crippen molar-refractivity contribution in [2.45, 2.75) is 25.3 Å². The molecule has 1 fully saturated rings. The van der Waals surface area contributed by atoms with Gasteiger partial charge >= 0.3 is 6.03 Å². The molecule has 2 aromatic rings. The fraction of sp³-hybridized carbons (Fsp3) is 0.227. The van der Waals surface area contributed by atoms with E-state index in [1.165, 1.54) is 6.08 Å². The van der Waals surface area contributed by atoms with Crippen molar-refractivity contribution in [2.24, 2.45) is 0 Å². The molecule has 29 heavy (non-hydrogen) atoms. The van der Waals surface area contributed by atoms with Gasteiger partial charge in [0.25, 0.3) is 11.8 Å². The lowest BCUT2D eigenvalue weighted by Crippen LogP contribution is -2.48. The highest BCUT2D eigenvalue weighted by Crippen LogP contribution is 2.22. The quantitative estimate of drug-likeness (QED) is 0.559. The summed E-state index contributed by atoms with van der Waals surface area (Å²) in [6.07, 6.45) is 3.90. The average molecular weight is 393 g/mol. The van der Waals surface area contributed by atoms with Crippen molar-refractivity contribution in [1.82, 2.24) is 15.8 Å². The van der Waals surface area contributed by atoms with Crippen LogP contribution in [-0.2, 0) is 16.0 Å². The normalized spacial score (nSPS) is 18.8. The zero-order valence-electron chi connectivity index (χ0n) is 16.3. The van der Waals surface area contributed by atoms with Crippen LogP contribution < -0.4 is 15.5 Å². The van der Waals surface area contributed by atoms with Crippen LogP contribution in [0.3, 0.4) is 0 Å². The van der Waals surface area contributed by atoms with Crippen LogP contribution in [0.1, 0.15) is 24.5 Å². The summed E-state index contributed by atoms with van der Waals surface area (Å²) in [7, 11) is 1.57. The van der Waals surface area contributed by atoms with Gasteiger partial charge in [-0.1, -0.05) is 42.5 Å². The molecule has 1 saturated heterocycles. The van der Waals surface area contributed by atoms with Crippen LogP contribution in [0.4, 0.5) is 4.79 Å². The van der Waals surface area contributed by atoms with E-state index in [-0.39, 0.29) is 0 Å². The molecular formula is C22H23N3O4. The number of carbonyl (C=O) groups is 3. The number of urea groups is 1. The Hall–Kier alpha value is -3.61. The molecule has 2 N–H and O–H groups in total. The second kappa shape index (κ2) is 8.60. The second-order valence-corrected chi connectivity index (χ2v) is 6.97. The number of rotatable bonds is 7. The van der Waals surface area contributed by atoms with Crippen LogP contribution in [0.2, 0.25) is 0 Å². The van der Waals surface area contributed by atoms with Crippen LogP contribution in [-0.4, -0.2) is 35.5 Å². The summed E-state index contributed by atoms with van der Waals surface area (Å²) in [6.45, 7) is 1.66. The number of hydrogen-bond acceptors (Lipinski definition) is 4. The van der Waals surface area contributed by atoms with Crippen LogP contribution in [0.15, 0.2) is 60.7 Å². The Morgan fingerprint density at radius 1 is 1.14 bits per heavy atom. The van der Waals surface area contributed by atoms with E-state index in [0.717, 1.165) is 16.1 Å². The summed E-state index contributed by atoms with van der Waals surface area (Å²) in [5.74, 6) is -0.345. The lowest BCUT2D eigenvalue weighted by Gasteiger charge is -2.21. The Morgan fingerprint density at radius 2 is 1.83 bits per heavy atom. The van der Waals surface area contributed by atoms with Gasteiger partial charge in [0.2, 0.25) is 0 Å². The zero-order valence-corrected chi connectivity index (χ0v) is 16.3. The third kappa shape index (κ3) is 4.82. The van der Waals surface area contributed by atoms with Crippen LogP contribution >= 0.6 is 0 Å². The topological polar surface area (TPSA) is 87.7 Å². The Kier molecular flexibility index (Phi) is 5.97. The summed E-state index contributed by atoms with van der Waals surface area (Å²) in [6, 6.07) is 16.2. The molecule has 1 aliphatic rings. The first-order chi connectivity index (χ1) is 13.9. The Balaban J connectivity index is 1.59. The largest absolute Gasteiger partial charge is 0.497 e. The van der Waals surface area contributed by atoms with Gasteiger partial charge in [-0.3, -0.25) is 15.0 Å². The average Bonchev–Trinajstić information content (AvgIpc) is 2.95. The minimum absolute atomic E-state index is 0.426. The standard InChI is InChI=1S/C22H23N3O4/c1-22(15-14-16-6-4-3-5-7-16)20(27)25(21(28)23-22)24-19(26)13-10-17-8-11-18(29-2)12-9-17/h3-13H,14-15H2,1-2H3,(H,23,28)(H,24,26)/b13-10+. The zero-order chi connectivity index (χ0) is 20.9. The molecule has 7 nitrogen and oxygen atoms in total. The van der Waals surface area contributed by atoms with Gasteiger partial charge < -0.3 is 10.1 Å². The number of amides is 4. The van der Waals surface area contributed by atoms with Gasteiger partial charge in [-0.05, 0) is 49.1 Å². The highest BCUT2D eigenvalue weighted by Gasteiger charge is 2.48. The summed E-state index contributed by atoms with van der Waals surface area (Å²) in [5.41, 5.74) is 3.13. The molecule has 1 atom stereocenters. The van der Waals surface area contributed by atoms with Crippen molar-refractivity contribution in [3.63, 3.8) is 0 Å². The monoisotopic (exact) mass is 393 g/mol. The first-order valence-electron chi connectivity index (χ1n) is 9.25. The first-order valence-corrected chi connectivity index (χ1v) is 9.25. The molecule has 0 radical (unpaired) electrons. The van der Waals surface area contributed by atoms with E-state index in [9.17, 15) is 14.4 Å². The maximum atomic E-state index is 12.7. The minimum Gasteiger partial charge on any atom is -0.497 e. The van der Waals surface area contributed by atoms with Crippen molar-refractivity contribution in [2.75, 3.05) is 7.11 Å². The molecule has 0 spiro atoms. The van der Waals surface area contributed by atoms with Crippen molar-refractivity contribution in [3.8, 4) is 5.75 Å². The highest BCUT2D eigenvalue weighted by molar-refractivity contribution is 6.08. The van der Waals surface area contributed by atoms with Gasteiger partial charge in [0, 0.05) is 6.08 Å². The molecule has 4 amide bonds. The van der Waals surface area contributed by atoms with Gasteiger partial charge in [0.1, 0.15) is 11.3 Å². The number of benzene rings is 2. The molecule has 3 rings (SSSR count). The van der Waals surface area contributed by atoms with Crippen LogP contribution in [0.25, 0.3) is 6.08 Å². The maximum Gasteiger partial charge on any atom is 0.344 e. The molecule has 1 heterocycles. The molecule has 0 aromatic heterocycles. The Labute approximate surface area is 169 Å². The summed E-state index contributed by atoms with van der Waals surface area (Å²) in [5, 5.41) is 3.42. The molecule has 7 heteroatoms. The smallest absolute Gasteiger partial charge is 0.344 e. The molecule has 0 bridgehead atoms. The fourth-order valence-electron chi connectivity index (χ4n) is 3.03. The molecular weight excluding hydrogens is 370 g/mol. The SMILES string of the molecule is COc1ccc(/C=C/C(=O)NN2C(=O)NC(C)(CCc3ccccc3)C2=O)cc1. The number of imide groups is 1. The van der Waals surface area contributed by atoms with Crippen molar-refractivity contribution >= 4 is 23.9 Å². The van der Waals surface area contributed by atoms with Gasteiger partial charge in [-0.25, -0.2) is 4.79 Å². The minimum atomic E-state index is -1.07. The summed E-state index contributed by atoms with van der Waals surface area (Å²) < 4.78 is 5.08. The van der Waals surface area contributed by atoms with Crippen LogP contribution in [0.5, 0.6) is 5.75 Å². The number of nitrogens with one attached hydrogen (secondary N) is 2. The second-order valence-electron chi connectivity index (χ2n) is 6.97. The number of nitrogens with zero attached hydrogens (tertiary/aromatic N) is 1. The predicted octanol–water partition coefficient (Wildman–Crippen LogP) is 2.68. The third-order valence-corrected chi connectivity index (χ3v) is 4.78. The number of aryl methyl sites for hydroxylation is 1. The van der Waals surface area contributed by atoms with E-state index in [1.54, 1.807) is 44.4 Å². The lowest BCUT2D eigenvalue weighted by atomic mass is 9.93. The Bertz CT molecular complexity index is 925. The molecule has 1 unspecified atom stereocenters. The fourth-order valence-corrected chi connectivity index (χ4v) is 3.03. The van der Waals surface area contributed by atoms with Crippen molar-refractivity contribution in [1.29, 1.82) is 0 Å². The molecule has 150 valence electrons. The molecule has 0 saturated carbocycles. The summed E-state index contributed by atoms with van der Waals surface area (Å²) in [4.78, 5) is 37.1. The van der Waals surface area contributed by atoms with Gasteiger partial charge in [0.05, 0.1) is 7.11 Å². The molecule has 2 aromatic carbocycles. The highest BCUT2D eigenvalue weighted by atomic mass is 16.5.